The van der Waals surface area contributed by atoms with E-state index in [1.165, 1.54) is 33.5 Å². The zero-order valence-electron chi connectivity index (χ0n) is 20.8. The number of amides is 5. The Hall–Kier alpha value is -3.50. The highest BCUT2D eigenvalue weighted by molar-refractivity contribution is 6.22. The lowest BCUT2D eigenvalue weighted by molar-refractivity contribution is -0.149. The van der Waals surface area contributed by atoms with E-state index >= 15 is 0 Å². The number of imide groups is 1. The maximum atomic E-state index is 13.3. The van der Waals surface area contributed by atoms with Crippen LogP contribution in [0.25, 0.3) is 0 Å². The lowest BCUT2D eigenvalue weighted by Crippen LogP contribution is -2.61. The molecule has 11 nitrogen and oxygen atoms in total. The van der Waals surface area contributed by atoms with Crippen LogP contribution in [0.4, 0.5) is 10.5 Å². The Balaban J connectivity index is 1.28. The van der Waals surface area contributed by atoms with Crippen molar-refractivity contribution in [1.29, 1.82) is 0 Å². The third-order valence-electron chi connectivity index (χ3n) is 7.84. The van der Waals surface area contributed by atoms with Gasteiger partial charge in [0.1, 0.15) is 6.04 Å². The van der Waals surface area contributed by atoms with Gasteiger partial charge in [0.25, 0.3) is 5.91 Å². The van der Waals surface area contributed by atoms with Gasteiger partial charge in [0.15, 0.2) is 11.5 Å². The first-order chi connectivity index (χ1) is 17.3. The summed E-state index contributed by atoms with van der Waals surface area (Å²) in [6.07, 6.45) is 3.40. The normalized spacial score (nSPS) is 27.5. The summed E-state index contributed by atoms with van der Waals surface area (Å²) in [4.78, 5) is 56.5. The molecule has 0 aromatic heterocycles. The average Bonchev–Trinajstić information content (AvgIpc) is 3.15. The molecule has 4 aliphatic heterocycles. The Bertz CT molecular complexity index is 1070. The highest BCUT2D eigenvalue weighted by Gasteiger charge is 2.46. The number of carbonyl (C=O) groups excluding carboxylic acids is 4. The lowest BCUT2D eigenvalue weighted by Gasteiger charge is -2.52. The first-order valence-corrected chi connectivity index (χ1v) is 12.4. The Kier molecular flexibility index (Phi) is 6.40. The fourth-order valence-corrected chi connectivity index (χ4v) is 6.23. The summed E-state index contributed by atoms with van der Waals surface area (Å²) in [5.74, 6) is 1.02. The molecule has 1 aromatic carbocycles. The van der Waals surface area contributed by atoms with Crippen LogP contribution in [-0.4, -0.2) is 86.6 Å². The number of ether oxygens (including phenoxy) is 3. The van der Waals surface area contributed by atoms with Crippen molar-refractivity contribution < 1.29 is 33.4 Å². The number of nitrogens with one attached hydrogen (secondary N) is 1. The van der Waals surface area contributed by atoms with E-state index < -0.39 is 18.0 Å². The van der Waals surface area contributed by atoms with Gasteiger partial charge < -0.3 is 29.3 Å². The molecule has 0 radical (unpaired) electrons. The molecule has 1 aromatic rings. The number of hydrogen-bond donors (Lipinski definition) is 1. The molecule has 36 heavy (non-hydrogen) atoms. The Morgan fingerprint density at radius 2 is 1.75 bits per heavy atom. The van der Waals surface area contributed by atoms with Crippen molar-refractivity contribution in [3.8, 4) is 17.2 Å². The van der Waals surface area contributed by atoms with Crippen LogP contribution in [0, 0.1) is 11.8 Å². The molecule has 0 saturated carbocycles. The zero-order chi connectivity index (χ0) is 25.6. The minimum Gasteiger partial charge on any atom is -0.493 e. The SMILES string of the molecule is COc1cc(N2C(=O)NC(CC(=O)N3CC4CC(C3)C3CCCC(=O)N3C4)C2=O)cc(OC)c1OC. The van der Waals surface area contributed by atoms with Gasteiger partial charge in [-0.2, -0.15) is 0 Å². The van der Waals surface area contributed by atoms with Crippen molar-refractivity contribution in [2.24, 2.45) is 11.8 Å². The van der Waals surface area contributed by atoms with Crippen LogP contribution in [0.3, 0.4) is 0 Å². The molecule has 4 atom stereocenters. The minimum atomic E-state index is -0.960. The van der Waals surface area contributed by atoms with E-state index in [-0.39, 0.29) is 41.8 Å². The van der Waals surface area contributed by atoms with E-state index in [1.807, 2.05) is 9.80 Å². The second kappa shape index (κ2) is 9.51. The number of hydrogen-bond acceptors (Lipinski definition) is 7. The molecule has 0 aliphatic carbocycles. The molecule has 4 saturated heterocycles. The molecule has 11 heteroatoms. The number of likely N-dealkylation sites (tertiary alicyclic amines) is 1. The van der Waals surface area contributed by atoms with Gasteiger partial charge in [-0.05, 0) is 31.1 Å². The highest BCUT2D eigenvalue weighted by Crippen LogP contribution is 2.42. The molecule has 4 unspecified atom stereocenters. The summed E-state index contributed by atoms with van der Waals surface area (Å²) in [7, 11) is 4.36. The molecule has 2 bridgehead atoms. The number of anilines is 1. The Morgan fingerprint density at radius 1 is 1.03 bits per heavy atom. The highest BCUT2D eigenvalue weighted by atomic mass is 16.5. The molecule has 4 fully saturated rings. The van der Waals surface area contributed by atoms with E-state index in [0.717, 1.165) is 24.2 Å². The first-order valence-electron chi connectivity index (χ1n) is 12.4. The van der Waals surface area contributed by atoms with Gasteiger partial charge in [0.2, 0.25) is 17.6 Å². The third-order valence-corrected chi connectivity index (χ3v) is 7.84. The van der Waals surface area contributed by atoms with Crippen molar-refractivity contribution in [1.82, 2.24) is 15.1 Å². The fourth-order valence-electron chi connectivity index (χ4n) is 6.23. The topological polar surface area (TPSA) is 118 Å². The van der Waals surface area contributed by atoms with Crippen LogP contribution in [0.15, 0.2) is 12.1 Å². The maximum Gasteiger partial charge on any atom is 0.329 e. The Morgan fingerprint density at radius 3 is 2.42 bits per heavy atom. The summed E-state index contributed by atoms with van der Waals surface area (Å²) in [6.45, 7) is 1.84. The van der Waals surface area contributed by atoms with Crippen LogP contribution in [0.2, 0.25) is 0 Å². The summed E-state index contributed by atoms with van der Waals surface area (Å²) in [6, 6.07) is 1.66. The Labute approximate surface area is 209 Å². The number of fused-ring (bicyclic) bond motifs is 4. The molecule has 5 rings (SSSR count). The predicted octanol–water partition coefficient (Wildman–Crippen LogP) is 1.39. The third kappa shape index (κ3) is 4.10. The van der Waals surface area contributed by atoms with Gasteiger partial charge >= 0.3 is 6.03 Å². The molecule has 4 aliphatic rings. The number of urea groups is 1. The van der Waals surface area contributed by atoms with Crippen molar-refractivity contribution in [3.05, 3.63) is 12.1 Å². The van der Waals surface area contributed by atoms with E-state index in [9.17, 15) is 19.2 Å². The van der Waals surface area contributed by atoms with Crippen molar-refractivity contribution in [2.45, 2.75) is 44.2 Å². The monoisotopic (exact) mass is 500 g/mol. The van der Waals surface area contributed by atoms with Crippen LogP contribution in [0.5, 0.6) is 17.2 Å². The number of benzene rings is 1. The number of carbonyl (C=O) groups is 4. The molecule has 194 valence electrons. The predicted molar refractivity (Wildman–Crippen MR) is 128 cm³/mol. The van der Waals surface area contributed by atoms with Crippen LogP contribution >= 0.6 is 0 Å². The fraction of sp³-hybridized carbons (Fsp3) is 0.600. The summed E-state index contributed by atoms with van der Waals surface area (Å²) >= 11 is 0. The summed E-state index contributed by atoms with van der Waals surface area (Å²) in [5.41, 5.74) is 0.261. The van der Waals surface area contributed by atoms with E-state index in [4.69, 9.17) is 14.2 Å². The van der Waals surface area contributed by atoms with E-state index in [2.05, 4.69) is 5.32 Å². The summed E-state index contributed by atoms with van der Waals surface area (Å²) < 4.78 is 16.0. The maximum absolute atomic E-state index is 13.3. The molecular weight excluding hydrogens is 468 g/mol. The number of piperidine rings is 3. The minimum absolute atomic E-state index is 0.113. The van der Waals surface area contributed by atoms with Gasteiger partial charge in [0, 0.05) is 44.2 Å². The van der Waals surface area contributed by atoms with Crippen LogP contribution < -0.4 is 24.4 Å². The summed E-state index contributed by atoms with van der Waals surface area (Å²) in [5, 5.41) is 2.65. The number of rotatable bonds is 6. The standard InChI is InChI=1S/C25H32N4O7/c1-34-19-8-16(9-20(35-2)23(19)36-3)29-24(32)17(26-25(29)33)10-22(31)27-11-14-7-15(13-27)18-5-4-6-21(30)28(18)12-14/h8-9,14-15,17-18H,4-7,10-13H2,1-3H3,(H,26,33). The lowest BCUT2D eigenvalue weighted by atomic mass is 9.76. The number of nitrogens with zero attached hydrogens (tertiary/aromatic N) is 3. The second-order valence-electron chi connectivity index (χ2n) is 9.93. The van der Waals surface area contributed by atoms with Gasteiger partial charge in [0.05, 0.1) is 33.4 Å². The number of methoxy groups -OCH3 is 3. The quantitative estimate of drug-likeness (QED) is 0.587. The average molecular weight is 501 g/mol. The van der Waals surface area contributed by atoms with Gasteiger partial charge in [-0.15, -0.1) is 0 Å². The van der Waals surface area contributed by atoms with Gasteiger partial charge in [-0.25, -0.2) is 9.69 Å². The van der Waals surface area contributed by atoms with Crippen molar-refractivity contribution in [2.75, 3.05) is 45.9 Å². The molecule has 5 amide bonds. The molecule has 4 heterocycles. The van der Waals surface area contributed by atoms with Gasteiger partial charge in [-0.1, -0.05) is 0 Å². The molecule has 1 N–H and O–H groups in total. The molecular formula is C25H32N4O7. The zero-order valence-corrected chi connectivity index (χ0v) is 20.8. The van der Waals surface area contributed by atoms with E-state index in [0.29, 0.717) is 43.3 Å². The van der Waals surface area contributed by atoms with Crippen molar-refractivity contribution >= 4 is 29.4 Å². The van der Waals surface area contributed by atoms with Crippen LogP contribution in [0.1, 0.15) is 32.1 Å². The first kappa shape index (κ1) is 24.2. The van der Waals surface area contributed by atoms with Crippen LogP contribution in [-0.2, 0) is 14.4 Å². The van der Waals surface area contributed by atoms with Gasteiger partial charge in [-0.3, -0.25) is 14.4 Å². The van der Waals surface area contributed by atoms with E-state index in [1.54, 1.807) is 0 Å². The largest absolute Gasteiger partial charge is 0.493 e. The second-order valence-corrected chi connectivity index (χ2v) is 9.93. The molecule has 0 spiro atoms. The van der Waals surface area contributed by atoms with Crippen molar-refractivity contribution in [3.63, 3.8) is 0 Å². The smallest absolute Gasteiger partial charge is 0.329 e.